The number of aromatic nitrogens is 1. The second kappa shape index (κ2) is 6.37. The van der Waals surface area contributed by atoms with Gasteiger partial charge in [-0.3, -0.25) is 4.79 Å². The van der Waals surface area contributed by atoms with Gasteiger partial charge in [0.15, 0.2) is 0 Å². The molecular weight excluding hydrogens is 346 g/mol. The minimum Gasteiger partial charge on any atom is -0.389 e. The Morgan fingerprint density at radius 1 is 1.36 bits per heavy atom. The number of piperidine rings is 2. The zero-order valence-corrected chi connectivity index (χ0v) is 15.7. The van der Waals surface area contributed by atoms with Crippen molar-refractivity contribution in [3.8, 4) is 0 Å². The van der Waals surface area contributed by atoms with Crippen LogP contribution < -0.4 is 0 Å². The number of amides is 1. The Morgan fingerprint density at radius 3 is 2.68 bits per heavy atom. The summed E-state index contributed by atoms with van der Waals surface area (Å²) in [4.78, 5) is 14.6. The van der Waals surface area contributed by atoms with E-state index in [0.717, 1.165) is 0 Å². The van der Waals surface area contributed by atoms with Crippen LogP contribution in [0.2, 0.25) is 0 Å². The molecule has 0 radical (unpaired) electrons. The van der Waals surface area contributed by atoms with Gasteiger partial charge in [0.05, 0.1) is 17.6 Å². The summed E-state index contributed by atoms with van der Waals surface area (Å²) in [5.74, 6) is 0.0390. The zero-order chi connectivity index (χ0) is 18.4. The molecule has 2 aliphatic heterocycles. The van der Waals surface area contributed by atoms with Crippen LogP contribution in [0.5, 0.6) is 0 Å². The van der Waals surface area contributed by atoms with E-state index in [9.17, 15) is 18.3 Å². The molecule has 2 fully saturated rings. The monoisotopic (exact) mass is 371 g/mol. The predicted molar refractivity (Wildman–Crippen MR) is 90.6 cm³/mol. The van der Waals surface area contributed by atoms with E-state index in [1.165, 1.54) is 10.6 Å². The molecule has 1 aromatic rings. The van der Waals surface area contributed by atoms with Gasteiger partial charge >= 0.3 is 0 Å². The number of aryl methyl sites for hydroxylation is 2. The molecule has 2 saturated heterocycles. The lowest BCUT2D eigenvalue weighted by Crippen LogP contribution is -2.61. The number of hydrogen-bond acceptors (Lipinski definition) is 6. The van der Waals surface area contributed by atoms with Gasteiger partial charge in [-0.1, -0.05) is 12.1 Å². The molecule has 1 N–H and O–H groups in total. The molecule has 1 aromatic heterocycles. The number of nitrogens with zero attached hydrogens (tertiary/aromatic N) is 3. The van der Waals surface area contributed by atoms with Crippen molar-refractivity contribution >= 4 is 15.9 Å². The number of hydrogen-bond donors (Lipinski definition) is 1. The smallest absolute Gasteiger partial charge is 0.259 e. The molecule has 3 rings (SSSR count). The summed E-state index contributed by atoms with van der Waals surface area (Å²) in [5.41, 5.74) is 0.211. The minimum absolute atomic E-state index is 0.158. The normalized spacial score (nSPS) is 28.0. The quantitative estimate of drug-likeness (QED) is 0.825. The van der Waals surface area contributed by atoms with Gasteiger partial charge in [-0.2, -0.15) is 0 Å². The van der Waals surface area contributed by atoms with Gasteiger partial charge in [-0.25, -0.2) is 12.7 Å². The molecule has 1 amide bonds. The zero-order valence-electron chi connectivity index (χ0n) is 14.9. The van der Waals surface area contributed by atoms with Crippen molar-refractivity contribution in [1.82, 2.24) is 14.4 Å². The van der Waals surface area contributed by atoms with Crippen molar-refractivity contribution < 1.29 is 22.8 Å². The molecule has 0 bridgehead atoms. The van der Waals surface area contributed by atoms with Crippen molar-refractivity contribution in [3.05, 3.63) is 17.0 Å². The molecular formula is C16H25N3O5S. The fraction of sp³-hybridized carbons (Fsp3) is 0.750. The van der Waals surface area contributed by atoms with Crippen molar-refractivity contribution in [2.75, 3.05) is 32.4 Å². The highest BCUT2D eigenvalue weighted by Crippen LogP contribution is 2.36. The molecule has 0 saturated carbocycles. The first-order valence-electron chi connectivity index (χ1n) is 8.57. The minimum atomic E-state index is -3.31. The summed E-state index contributed by atoms with van der Waals surface area (Å²) in [7, 11) is -3.31. The summed E-state index contributed by atoms with van der Waals surface area (Å²) in [5, 5.41) is 14.8. The summed E-state index contributed by atoms with van der Waals surface area (Å²) in [6.07, 6.45) is 2.63. The average Bonchev–Trinajstić information content (AvgIpc) is 2.92. The highest BCUT2D eigenvalue weighted by Gasteiger charge is 2.47. The van der Waals surface area contributed by atoms with Gasteiger partial charge in [0.2, 0.25) is 10.0 Å². The highest BCUT2D eigenvalue weighted by molar-refractivity contribution is 7.88. The molecule has 140 valence electrons. The predicted octanol–water partition coefficient (Wildman–Crippen LogP) is 0.404. The number of rotatable bonds is 3. The summed E-state index contributed by atoms with van der Waals surface area (Å²) in [6.45, 7) is 4.96. The fourth-order valence-electron chi connectivity index (χ4n) is 3.85. The van der Waals surface area contributed by atoms with Gasteiger partial charge in [0.25, 0.3) is 5.91 Å². The first-order valence-corrected chi connectivity index (χ1v) is 10.4. The summed E-state index contributed by atoms with van der Waals surface area (Å²) < 4.78 is 30.2. The topological polar surface area (TPSA) is 104 Å². The Kier molecular flexibility index (Phi) is 4.67. The Bertz CT molecular complexity index is 775. The van der Waals surface area contributed by atoms with E-state index >= 15 is 0 Å². The van der Waals surface area contributed by atoms with Gasteiger partial charge in [0.1, 0.15) is 11.3 Å². The Balaban J connectivity index is 1.80. The molecule has 8 nitrogen and oxygen atoms in total. The van der Waals surface area contributed by atoms with E-state index in [-0.39, 0.29) is 18.4 Å². The lowest BCUT2D eigenvalue weighted by atomic mass is 9.76. The number of likely N-dealkylation sites (tertiary alicyclic amines) is 1. The van der Waals surface area contributed by atoms with Crippen LogP contribution in [-0.4, -0.2) is 71.8 Å². The van der Waals surface area contributed by atoms with Crippen LogP contribution in [-0.2, 0) is 16.4 Å². The molecule has 0 unspecified atom stereocenters. The van der Waals surface area contributed by atoms with E-state index in [2.05, 4.69) is 5.16 Å². The van der Waals surface area contributed by atoms with Gasteiger partial charge in [0, 0.05) is 32.1 Å². The molecule has 0 aromatic carbocycles. The Labute approximate surface area is 147 Å². The maximum absolute atomic E-state index is 12.9. The average molecular weight is 371 g/mol. The van der Waals surface area contributed by atoms with Gasteiger partial charge < -0.3 is 14.5 Å². The van der Waals surface area contributed by atoms with Crippen molar-refractivity contribution in [2.45, 2.75) is 38.7 Å². The second-order valence-electron chi connectivity index (χ2n) is 7.09. The molecule has 0 spiro atoms. The number of carbonyl (C=O) groups is 1. The lowest BCUT2D eigenvalue weighted by molar-refractivity contribution is -0.0946. The van der Waals surface area contributed by atoms with Crippen LogP contribution in [0.25, 0.3) is 0 Å². The van der Waals surface area contributed by atoms with E-state index in [1.54, 1.807) is 11.8 Å². The van der Waals surface area contributed by atoms with E-state index in [1.807, 2.05) is 6.92 Å². The first-order chi connectivity index (χ1) is 11.7. The van der Waals surface area contributed by atoms with Crippen molar-refractivity contribution in [2.24, 2.45) is 5.92 Å². The summed E-state index contributed by atoms with van der Waals surface area (Å²) in [6, 6.07) is 0. The van der Waals surface area contributed by atoms with E-state index in [0.29, 0.717) is 55.9 Å². The third-order valence-electron chi connectivity index (χ3n) is 5.47. The Morgan fingerprint density at radius 2 is 2.04 bits per heavy atom. The van der Waals surface area contributed by atoms with Crippen LogP contribution in [0.3, 0.4) is 0 Å². The van der Waals surface area contributed by atoms with Crippen LogP contribution in [0, 0.1) is 12.8 Å². The maximum Gasteiger partial charge on any atom is 0.259 e. The fourth-order valence-corrected chi connectivity index (χ4v) is 4.72. The standard InChI is InChI=1S/C16H25N3O5S/c1-4-13-14(11(2)24-17-13)15(20)18-7-5-16(21)6-8-19(25(3,22)23)10-12(16)9-18/h12,21H,4-10H2,1-3H3/t12-,16-/m1/s1. The maximum atomic E-state index is 12.9. The van der Waals surface area contributed by atoms with Crippen LogP contribution in [0.15, 0.2) is 4.52 Å². The number of fused-ring (bicyclic) bond motifs is 1. The van der Waals surface area contributed by atoms with E-state index in [4.69, 9.17) is 4.52 Å². The number of sulfonamides is 1. The van der Waals surface area contributed by atoms with Crippen LogP contribution in [0.4, 0.5) is 0 Å². The van der Waals surface area contributed by atoms with Crippen LogP contribution >= 0.6 is 0 Å². The first kappa shape index (κ1) is 18.3. The lowest BCUT2D eigenvalue weighted by Gasteiger charge is -2.49. The molecule has 2 atom stereocenters. The van der Waals surface area contributed by atoms with Crippen LogP contribution in [0.1, 0.15) is 41.6 Å². The third kappa shape index (κ3) is 3.32. The SMILES string of the molecule is CCc1noc(C)c1C(=O)N1CC[C@@]2(O)CCN(S(C)(=O)=O)C[C@H]2C1. The molecule has 9 heteroatoms. The van der Waals surface area contributed by atoms with Gasteiger partial charge in [-0.05, 0) is 26.2 Å². The molecule has 0 aliphatic carbocycles. The third-order valence-corrected chi connectivity index (χ3v) is 6.74. The molecule has 2 aliphatic rings. The number of aliphatic hydroxyl groups is 1. The second-order valence-corrected chi connectivity index (χ2v) is 9.07. The van der Waals surface area contributed by atoms with Crippen molar-refractivity contribution in [1.29, 1.82) is 0 Å². The van der Waals surface area contributed by atoms with Gasteiger partial charge in [-0.15, -0.1) is 0 Å². The van der Waals surface area contributed by atoms with E-state index < -0.39 is 15.6 Å². The largest absolute Gasteiger partial charge is 0.389 e. The highest BCUT2D eigenvalue weighted by atomic mass is 32.2. The van der Waals surface area contributed by atoms with Crippen molar-refractivity contribution in [3.63, 3.8) is 0 Å². The molecule has 25 heavy (non-hydrogen) atoms. The summed E-state index contributed by atoms with van der Waals surface area (Å²) >= 11 is 0. The Hall–Kier alpha value is -1.45. The molecule has 3 heterocycles. The number of carbonyl (C=O) groups excluding carboxylic acids is 1.